The van der Waals surface area contributed by atoms with E-state index in [1.54, 1.807) is 13.0 Å². The minimum Gasteiger partial charge on any atom is -0.432 e. The number of nitro groups is 1. The molecule has 22 heavy (non-hydrogen) atoms. The van der Waals surface area contributed by atoms with E-state index >= 15 is 0 Å². The molecule has 0 aliphatic heterocycles. The molecule has 7 nitrogen and oxygen atoms in total. The Labute approximate surface area is 127 Å². The zero-order chi connectivity index (χ0) is 16.7. The second kappa shape index (κ2) is 8.04. The first-order valence-electron chi connectivity index (χ1n) is 6.64. The lowest BCUT2D eigenvalue weighted by Gasteiger charge is -2.13. The van der Waals surface area contributed by atoms with E-state index in [2.05, 4.69) is 0 Å². The normalized spacial score (nSPS) is 12.6. The molecule has 118 valence electrons. The lowest BCUT2D eigenvalue weighted by Crippen LogP contribution is -2.21. The number of carbonyl (C=O) groups is 2. The Balaban J connectivity index is 3.04. The van der Waals surface area contributed by atoms with Crippen molar-refractivity contribution in [3.63, 3.8) is 0 Å². The predicted molar refractivity (Wildman–Crippen MR) is 78.9 cm³/mol. The average Bonchev–Trinajstić information content (AvgIpc) is 2.44. The van der Waals surface area contributed by atoms with Gasteiger partial charge in [-0.1, -0.05) is 12.1 Å². The Morgan fingerprint density at radius 3 is 2.64 bits per heavy atom. The molecule has 1 unspecified atom stereocenters. The topological polar surface area (TPSA) is 95.7 Å². The SMILES string of the molecule is CCOC(C)OC(=O)/C(=C/c1cccc([N+](=O)[O-])c1)C(C)=O. The van der Waals surface area contributed by atoms with Gasteiger partial charge in [0.05, 0.1) is 4.92 Å². The summed E-state index contributed by atoms with van der Waals surface area (Å²) in [5.41, 5.74) is 0.0279. The van der Waals surface area contributed by atoms with Crippen LogP contribution in [0.25, 0.3) is 6.08 Å². The van der Waals surface area contributed by atoms with Crippen LogP contribution in [-0.4, -0.2) is 29.6 Å². The Bertz CT molecular complexity index is 608. The van der Waals surface area contributed by atoms with Crippen molar-refractivity contribution in [1.82, 2.24) is 0 Å². The van der Waals surface area contributed by atoms with Crippen molar-refractivity contribution in [1.29, 1.82) is 0 Å². The molecule has 1 atom stereocenters. The highest BCUT2D eigenvalue weighted by Crippen LogP contribution is 2.17. The van der Waals surface area contributed by atoms with E-state index in [0.29, 0.717) is 12.2 Å². The maximum Gasteiger partial charge on any atom is 0.344 e. The van der Waals surface area contributed by atoms with Gasteiger partial charge in [-0.15, -0.1) is 0 Å². The molecule has 0 N–H and O–H groups in total. The first-order chi connectivity index (χ1) is 10.3. The van der Waals surface area contributed by atoms with Gasteiger partial charge in [0.15, 0.2) is 12.1 Å². The van der Waals surface area contributed by atoms with Crippen LogP contribution in [0.1, 0.15) is 26.3 Å². The zero-order valence-corrected chi connectivity index (χ0v) is 12.6. The van der Waals surface area contributed by atoms with Gasteiger partial charge in [0.1, 0.15) is 5.57 Å². The smallest absolute Gasteiger partial charge is 0.344 e. The highest BCUT2D eigenvalue weighted by atomic mass is 16.7. The van der Waals surface area contributed by atoms with Crippen molar-refractivity contribution in [2.24, 2.45) is 0 Å². The monoisotopic (exact) mass is 307 g/mol. The van der Waals surface area contributed by atoms with Crippen LogP contribution in [0.3, 0.4) is 0 Å². The molecule has 0 aliphatic rings. The molecule has 0 amide bonds. The van der Waals surface area contributed by atoms with Gasteiger partial charge >= 0.3 is 5.97 Å². The lowest BCUT2D eigenvalue weighted by atomic mass is 10.1. The van der Waals surface area contributed by atoms with E-state index in [9.17, 15) is 19.7 Å². The summed E-state index contributed by atoms with van der Waals surface area (Å²) in [4.78, 5) is 33.8. The Hall–Kier alpha value is -2.54. The summed E-state index contributed by atoms with van der Waals surface area (Å²) in [5, 5.41) is 10.7. The summed E-state index contributed by atoms with van der Waals surface area (Å²) in [6.07, 6.45) is 0.474. The molecule has 0 saturated carbocycles. The molecule has 1 aromatic rings. The second-order valence-corrected chi connectivity index (χ2v) is 4.39. The van der Waals surface area contributed by atoms with Crippen LogP contribution >= 0.6 is 0 Å². The Kier molecular flexibility index (Phi) is 6.40. The molecule has 0 fully saturated rings. The van der Waals surface area contributed by atoms with Gasteiger partial charge in [0.2, 0.25) is 0 Å². The number of Topliss-reactive ketones (excluding diaryl/α,β-unsaturated/α-hetero) is 1. The maximum absolute atomic E-state index is 12.0. The third-order valence-corrected chi connectivity index (χ3v) is 2.67. The molecule has 0 aromatic heterocycles. The summed E-state index contributed by atoms with van der Waals surface area (Å²) in [6.45, 7) is 4.86. The van der Waals surface area contributed by atoms with Crippen LogP contribution < -0.4 is 0 Å². The Morgan fingerprint density at radius 2 is 2.09 bits per heavy atom. The van der Waals surface area contributed by atoms with E-state index in [1.165, 1.54) is 38.1 Å². The number of benzene rings is 1. The molecule has 0 radical (unpaired) electrons. The van der Waals surface area contributed by atoms with Crippen molar-refractivity contribution >= 4 is 23.5 Å². The summed E-state index contributed by atoms with van der Waals surface area (Å²) in [7, 11) is 0. The maximum atomic E-state index is 12.0. The number of hydrogen-bond donors (Lipinski definition) is 0. The fourth-order valence-electron chi connectivity index (χ4n) is 1.68. The molecular formula is C15H17NO6. The standard InChI is InChI=1S/C15H17NO6/c1-4-21-11(3)22-15(18)14(10(2)17)9-12-6-5-7-13(8-12)16(19)20/h5-9,11H,4H2,1-3H3/b14-9+. The minimum atomic E-state index is -0.833. The molecule has 0 saturated heterocycles. The van der Waals surface area contributed by atoms with E-state index in [1.807, 2.05) is 0 Å². The van der Waals surface area contributed by atoms with Gasteiger partial charge in [-0.3, -0.25) is 14.9 Å². The molecular weight excluding hydrogens is 290 g/mol. The van der Waals surface area contributed by atoms with E-state index in [-0.39, 0.29) is 11.3 Å². The number of non-ortho nitro benzene ring substituents is 1. The first-order valence-corrected chi connectivity index (χ1v) is 6.64. The Morgan fingerprint density at radius 1 is 1.41 bits per heavy atom. The summed E-state index contributed by atoms with van der Waals surface area (Å²) in [5.74, 6) is -1.33. The van der Waals surface area contributed by atoms with E-state index < -0.39 is 23.0 Å². The van der Waals surface area contributed by atoms with Crippen LogP contribution in [-0.2, 0) is 19.1 Å². The molecule has 0 spiro atoms. The van der Waals surface area contributed by atoms with Crippen LogP contribution in [0, 0.1) is 10.1 Å². The predicted octanol–water partition coefficient (Wildman–Crippen LogP) is 2.49. The first kappa shape index (κ1) is 17.5. The van der Waals surface area contributed by atoms with Crippen molar-refractivity contribution in [3.8, 4) is 0 Å². The number of carbonyl (C=O) groups excluding carboxylic acids is 2. The van der Waals surface area contributed by atoms with Crippen molar-refractivity contribution < 1.29 is 24.0 Å². The minimum absolute atomic E-state index is 0.132. The van der Waals surface area contributed by atoms with E-state index in [4.69, 9.17) is 9.47 Å². The summed E-state index contributed by atoms with van der Waals surface area (Å²) in [6, 6.07) is 5.60. The highest BCUT2D eigenvalue weighted by Gasteiger charge is 2.19. The molecule has 0 heterocycles. The largest absolute Gasteiger partial charge is 0.432 e. The quantitative estimate of drug-likeness (QED) is 0.146. The third-order valence-electron chi connectivity index (χ3n) is 2.67. The molecule has 1 rings (SSSR count). The van der Waals surface area contributed by atoms with Gasteiger partial charge in [-0.25, -0.2) is 4.79 Å². The number of rotatable bonds is 7. The average molecular weight is 307 g/mol. The van der Waals surface area contributed by atoms with Crippen LogP contribution in [0.4, 0.5) is 5.69 Å². The fourth-order valence-corrected chi connectivity index (χ4v) is 1.68. The fraction of sp³-hybridized carbons (Fsp3) is 0.333. The van der Waals surface area contributed by atoms with Gasteiger partial charge in [-0.2, -0.15) is 0 Å². The molecule has 0 bridgehead atoms. The zero-order valence-electron chi connectivity index (χ0n) is 12.6. The highest BCUT2D eigenvalue weighted by molar-refractivity contribution is 6.19. The van der Waals surface area contributed by atoms with Gasteiger partial charge in [0, 0.05) is 18.7 Å². The summed E-state index contributed by atoms with van der Waals surface area (Å²) < 4.78 is 10.1. The van der Waals surface area contributed by atoms with Gasteiger partial charge in [0.25, 0.3) is 5.69 Å². The number of nitrogens with zero attached hydrogens (tertiary/aromatic N) is 1. The van der Waals surface area contributed by atoms with Crippen molar-refractivity contribution in [2.45, 2.75) is 27.1 Å². The number of esters is 1. The third kappa shape index (κ3) is 5.10. The molecule has 1 aromatic carbocycles. The molecule has 0 aliphatic carbocycles. The van der Waals surface area contributed by atoms with Crippen LogP contribution in [0.2, 0.25) is 0 Å². The van der Waals surface area contributed by atoms with Crippen molar-refractivity contribution in [2.75, 3.05) is 6.61 Å². The summed E-state index contributed by atoms with van der Waals surface area (Å²) >= 11 is 0. The van der Waals surface area contributed by atoms with Crippen LogP contribution in [0.5, 0.6) is 0 Å². The lowest BCUT2D eigenvalue weighted by molar-refractivity contribution is -0.384. The number of nitro benzene ring substituents is 1. The van der Waals surface area contributed by atoms with Gasteiger partial charge in [-0.05, 0) is 32.4 Å². The second-order valence-electron chi connectivity index (χ2n) is 4.39. The molecule has 7 heteroatoms. The van der Waals surface area contributed by atoms with Gasteiger partial charge < -0.3 is 9.47 Å². The number of hydrogen-bond acceptors (Lipinski definition) is 6. The number of ketones is 1. The van der Waals surface area contributed by atoms with E-state index in [0.717, 1.165) is 0 Å². The van der Waals surface area contributed by atoms with Crippen LogP contribution in [0.15, 0.2) is 29.8 Å². The number of ether oxygens (including phenoxy) is 2. The van der Waals surface area contributed by atoms with Crippen molar-refractivity contribution in [3.05, 3.63) is 45.5 Å².